The largest absolute Gasteiger partial charge is 0.377 e. The van der Waals surface area contributed by atoms with Crippen molar-refractivity contribution in [3.63, 3.8) is 0 Å². The topological polar surface area (TPSA) is 102 Å². The van der Waals surface area contributed by atoms with Gasteiger partial charge in [0.05, 0.1) is 23.4 Å². The van der Waals surface area contributed by atoms with E-state index in [4.69, 9.17) is 16.3 Å². The van der Waals surface area contributed by atoms with Crippen LogP contribution >= 0.6 is 22.9 Å². The molecule has 0 aliphatic carbocycles. The molecular formula is C18H19ClN4O4S2. The Morgan fingerprint density at radius 2 is 2.28 bits per heavy atom. The Hall–Kier alpha value is -1.98. The monoisotopic (exact) mass is 454 g/mol. The summed E-state index contributed by atoms with van der Waals surface area (Å²) in [6.07, 6.45) is 5.30. The first-order valence-corrected chi connectivity index (χ1v) is 11.8. The number of imidazole rings is 1. The summed E-state index contributed by atoms with van der Waals surface area (Å²) < 4.78 is 35.1. The Bertz CT molecular complexity index is 1110. The number of carbonyl (C=O) groups is 1. The second-order valence-electron chi connectivity index (χ2n) is 6.64. The highest BCUT2D eigenvalue weighted by Gasteiger charge is 2.23. The van der Waals surface area contributed by atoms with Crippen LogP contribution in [0.3, 0.4) is 0 Å². The highest BCUT2D eigenvalue weighted by Crippen LogP contribution is 2.23. The van der Waals surface area contributed by atoms with E-state index >= 15 is 0 Å². The van der Waals surface area contributed by atoms with Crippen LogP contribution in [0.2, 0.25) is 5.02 Å². The average Bonchev–Trinajstić information content (AvgIpc) is 3.42. The SMILES string of the molecule is O=C(NCc1cn2ccsc2n1)c1ccc(Cl)c(S(=O)(=O)NCC2CCCO2)c1. The van der Waals surface area contributed by atoms with Crippen LogP contribution in [0.5, 0.6) is 0 Å². The number of benzene rings is 1. The molecule has 1 fully saturated rings. The van der Waals surface area contributed by atoms with Crippen LogP contribution in [-0.4, -0.2) is 43.0 Å². The Balaban J connectivity index is 1.44. The second kappa shape index (κ2) is 8.41. The molecule has 1 unspecified atom stereocenters. The standard InChI is InChI=1S/C18H19ClN4O4S2/c19-15-4-3-12(8-16(15)29(25,26)21-10-14-2-1-6-27-14)17(24)20-9-13-11-23-5-7-28-18(23)22-13/h3-5,7-8,11,14,21H,1-2,6,9-10H2,(H,20,24). The van der Waals surface area contributed by atoms with E-state index in [0.717, 1.165) is 17.8 Å². The summed E-state index contributed by atoms with van der Waals surface area (Å²) in [5, 5.41) is 4.73. The van der Waals surface area contributed by atoms with E-state index in [-0.39, 0.29) is 34.7 Å². The number of sulfonamides is 1. The van der Waals surface area contributed by atoms with Crippen molar-refractivity contribution in [2.75, 3.05) is 13.2 Å². The third-order valence-corrected chi connectivity index (χ3v) is 7.26. The normalized spacial score (nSPS) is 17.1. The first-order valence-electron chi connectivity index (χ1n) is 9.02. The van der Waals surface area contributed by atoms with E-state index in [1.165, 1.54) is 29.5 Å². The summed E-state index contributed by atoms with van der Waals surface area (Å²) in [4.78, 5) is 17.6. The third-order valence-electron chi connectivity index (χ3n) is 4.58. The zero-order chi connectivity index (χ0) is 20.4. The second-order valence-corrected chi connectivity index (χ2v) is 9.66. The smallest absolute Gasteiger partial charge is 0.251 e. The summed E-state index contributed by atoms with van der Waals surface area (Å²) in [5.41, 5.74) is 0.915. The van der Waals surface area contributed by atoms with Gasteiger partial charge in [-0.1, -0.05) is 11.6 Å². The fourth-order valence-corrected chi connectivity index (χ4v) is 5.38. The minimum absolute atomic E-state index is 0.0516. The first-order chi connectivity index (χ1) is 13.9. The molecule has 1 aliphatic heterocycles. The zero-order valence-corrected chi connectivity index (χ0v) is 17.7. The minimum atomic E-state index is -3.87. The highest BCUT2D eigenvalue weighted by molar-refractivity contribution is 7.89. The summed E-state index contributed by atoms with van der Waals surface area (Å²) in [6, 6.07) is 4.17. The number of amides is 1. The van der Waals surface area contributed by atoms with Crippen molar-refractivity contribution in [1.29, 1.82) is 0 Å². The van der Waals surface area contributed by atoms with Crippen LogP contribution in [0.1, 0.15) is 28.9 Å². The molecule has 0 bridgehead atoms. The van der Waals surface area contributed by atoms with Crippen molar-refractivity contribution in [2.45, 2.75) is 30.4 Å². The molecule has 8 nitrogen and oxygen atoms in total. The molecule has 2 N–H and O–H groups in total. The van der Waals surface area contributed by atoms with Gasteiger partial charge in [0.25, 0.3) is 5.91 Å². The van der Waals surface area contributed by atoms with Crippen LogP contribution in [-0.2, 0) is 21.3 Å². The van der Waals surface area contributed by atoms with Gasteiger partial charge in [0.2, 0.25) is 10.0 Å². The fraction of sp³-hybridized carbons (Fsp3) is 0.333. The number of fused-ring (bicyclic) bond motifs is 1. The number of thiazole rings is 1. The lowest BCUT2D eigenvalue weighted by Gasteiger charge is -2.13. The molecule has 154 valence electrons. The lowest BCUT2D eigenvalue weighted by Crippen LogP contribution is -2.32. The van der Waals surface area contributed by atoms with Gasteiger partial charge >= 0.3 is 0 Å². The van der Waals surface area contributed by atoms with Crippen molar-refractivity contribution < 1.29 is 17.9 Å². The van der Waals surface area contributed by atoms with Crippen LogP contribution in [0, 0.1) is 0 Å². The van der Waals surface area contributed by atoms with Crippen molar-refractivity contribution in [3.05, 3.63) is 52.3 Å². The van der Waals surface area contributed by atoms with Gasteiger partial charge in [0.1, 0.15) is 4.90 Å². The van der Waals surface area contributed by atoms with Gasteiger partial charge in [-0.3, -0.25) is 9.20 Å². The van der Waals surface area contributed by atoms with Gasteiger partial charge in [0.15, 0.2) is 4.96 Å². The van der Waals surface area contributed by atoms with Crippen molar-refractivity contribution in [2.24, 2.45) is 0 Å². The highest BCUT2D eigenvalue weighted by atomic mass is 35.5. The summed E-state index contributed by atoms with van der Waals surface area (Å²) in [5.74, 6) is -0.409. The molecule has 0 saturated carbocycles. The van der Waals surface area contributed by atoms with E-state index in [2.05, 4.69) is 15.0 Å². The van der Waals surface area contributed by atoms with Crippen LogP contribution in [0.4, 0.5) is 0 Å². The number of ether oxygens (including phenoxy) is 1. The first kappa shape index (κ1) is 20.3. The number of carbonyl (C=O) groups excluding carboxylic acids is 1. The average molecular weight is 455 g/mol. The number of nitrogens with zero attached hydrogens (tertiary/aromatic N) is 2. The molecule has 1 atom stereocenters. The van der Waals surface area contributed by atoms with Crippen LogP contribution in [0.15, 0.2) is 40.9 Å². The fourth-order valence-electron chi connectivity index (χ4n) is 3.07. The Morgan fingerprint density at radius 3 is 3.03 bits per heavy atom. The van der Waals surface area contributed by atoms with Crippen molar-refractivity contribution in [1.82, 2.24) is 19.4 Å². The quantitative estimate of drug-likeness (QED) is 0.571. The summed E-state index contributed by atoms with van der Waals surface area (Å²) in [7, 11) is -3.87. The number of halogens is 1. The molecule has 1 amide bonds. The Kier molecular flexibility index (Phi) is 5.88. The maximum atomic E-state index is 12.6. The summed E-state index contributed by atoms with van der Waals surface area (Å²) >= 11 is 7.59. The number of aromatic nitrogens is 2. The Labute approximate surface area is 176 Å². The lowest BCUT2D eigenvalue weighted by atomic mass is 10.2. The molecule has 1 aromatic carbocycles. The molecule has 0 spiro atoms. The van der Waals surface area contributed by atoms with Gasteiger partial charge < -0.3 is 10.1 Å². The molecule has 3 heterocycles. The number of nitrogens with one attached hydrogen (secondary N) is 2. The lowest BCUT2D eigenvalue weighted by molar-refractivity contribution is 0.0950. The predicted molar refractivity (Wildman–Crippen MR) is 110 cm³/mol. The van der Waals surface area contributed by atoms with Crippen LogP contribution < -0.4 is 10.0 Å². The van der Waals surface area contributed by atoms with Crippen molar-refractivity contribution >= 4 is 43.8 Å². The van der Waals surface area contributed by atoms with E-state index in [1.54, 1.807) is 0 Å². The maximum absolute atomic E-state index is 12.6. The molecule has 1 saturated heterocycles. The van der Waals surface area contributed by atoms with Crippen LogP contribution in [0.25, 0.3) is 4.96 Å². The van der Waals surface area contributed by atoms with E-state index in [1.807, 2.05) is 22.2 Å². The molecule has 2 aromatic heterocycles. The van der Waals surface area contributed by atoms with Gasteiger partial charge in [-0.25, -0.2) is 18.1 Å². The number of rotatable bonds is 7. The molecule has 0 radical (unpaired) electrons. The predicted octanol–water partition coefficient (Wildman–Crippen LogP) is 2.44. The number of hydrogen-bond donors (Lipinski definition) is 2. The molecular weight excluding hydrogens is 436 g/mol. The van der Waals surface area contributed by atoms with Gasteiger partial charge in [-0.2, -0.15) is 0 Å². The number of hydrogen-bond acceptors (Lipinski definition) is 6. The van der Waals surface area contributed by atoms with Gasteiger partial charge in [-0.05, 0) is 31.0 Å². The van der Waals surface area contributed by atoms with E-state index < -0.39 is 15.9 Å². The van der Waals surface area contributed by atoms with E-state index in [9.17, 15) is 13.2 Å². The van der Waals surface area contributed by atoms with Gasteiger partial charge in [-0.15, -0.1) is 11.3 Å². The van der Waals surface area contributed by atoms with Gasteiger partial charge in [0, 0.05) is 36.5 Å². The molecule has 29 heavy (non-hydrogen) atoms. The minimum Gasteiger partial charge on any atom is -0.377 e. The van der Waals surface area contributed by atoms with Crippen molar-refractivity contribution in [3.8, 4) is 0 Å². The maximum Gasteiger partial charge on any atom is 0.251 e. The van der Waals surface area contributed by atoms with E-state index in [0.29, 0.717) is 12.3 Å². The molecule has 1 aliphatic rings. The zero-order valence-electron chi connectivity index (χ0n) is 15.3. The summed E-state index contributed by atoms with van der Waals surface area (Å²) in [6.45, 7) is 1.04. The molecule has 11 heteroatoms. The Morgan fingerprint density at radius 1 is 1.41 bits per heavy atom. The molecule has 3 aromatic rings. The molecule has 4 rings (SSSR count). The third kappa shape index (κ3) is 4.62.